The third-order valence-corrected chi connectivity index (χ3v) is 8.93. The van der Waals surface area contributed by atoms with Crippen LogP contribution < -0.4 is 11.6 Å². The Hall–Kier alpha value is -4.47. The molecule has 0 aromatic heterocycles. The molecule has 0 unspecified atom stereocenters. The minimum absolute atomic E-state index is 0.0626. The summed E-state index contributed by atoms with van der Waals surface area (Å²) in [6.45, 7) is 10.7. The largest absolute Gasteiger partial charge is 0.481 e. The zero-order valence-electron chi connectivity index (χ0n) is 28.2. The van der Waals surface area contributed by atoms with Gasteiger partial charge in [-0.2, -0.15) is 26.3 Å². The number of aliphatic carboxylic acids is 1. The summed E-state index contributed by atoms with van der Waals surface area (Å²) in [6.07, 6.45) is -3.69. The average molecular weight is 715 g/mol. The Labute approximate surface area is 287 Å². The maximum atomic E-state index is 13.8. The molecule has 1 aliphatic heterocycles. The first-order chi connectivity index (χ1) is 23.3. The number of carbonyl (C=O) groups is 2. The van der Waals surface area contributed by atoms with Gasteiger partial charge in [0.25, 0.3) is 0 Å². The molecule has 1 aliphatic carbocycles. The van der Waals surface area contributed by atoms with Crippen LogP contribution in [0.3, 0.4) is 0 Å². The summed E-state index contributed by atoms with van der Waals surface area (Å²) in [5, 5.41) is 10.5. The first-order valence-corrected chi connectivity index (χ1v) is 16.1. The molecule has 50 heavy (non-hydrogen) atoms. The van der Waals surface area contributed by atoms with Crippen molar-refractivity contribution < 1.29 is 45.8 Å². The number of alkyl halides is 6. The molecule has 3 atom stereocenters. The average Bonchev–Trinajstić information content (AvgIpc) is 3.02. The lowest BCUT2D eigenvalue weighted by Gasteiger charge is -2.48. The summed E-state index contributed by atoms with van der Waals surface area (Å²) in [5.41, 5.74) is 4.22. The second-order valence-corrected chi connectivity index (χ2v) is 12.4. The molecule has 2 aliphatic rings. The molecular formula is C34H44F6N6O4. The van der Waals surface area contributed by atoms with E-state index in [4.69, 9.17) is 16.3 Å². The van der Waals surface area contributed by atoms with Gasteiger partial charge in [0.2, 0.25) is 0 Å². The van der Waals surface area contributed by atoms with E-state index in [1.54, 1.807) is 11.9 Å². The highest BCUT2D eigenvalue weighted by molar-refractivity contribution is 5.79. The second kappa shape index (κ2) is 16.5. The Kier molecular flexibility index (Phi) is 13.2. The molecular weight excluding hydrogens is 670 g/mol. The highest BCUT2D eigenvalue weighted by atomic mass is 19.4. The lowest BCUT2D eigenvalue weighted by Crippen LogP contribution is -2.59. The number of piperidine rings is 1. The minimum atomic E-state index is -5.05. The van der Waals surface area contributed by atoms with Crippen molar-refractivity contribution >= 4 is 18.0 Å². The SMILES string of the molecule is C=CC(=C\N=C(/N)N(Cc1cc(C(F)(F)F)cc(C(F)(F)F)c1)[C@H]1C[C@@H](CC)N(C(=O)O[C@H]2C[C@H](C(=O)O)C2)[C@@H](CC)C1)/C(C=C)=C/N(C)N. The normalized spacial score (nSPS) is 23.5. The number of hydrazine groups is 1. The van der Waals surface area contributed by atoms with Gasteiger partial charge >= 0.3 is 24.4 Å². The first kappa shape index (κ1) is 40.0. The predicted molar refractivity (Wildman–Crippen MR) is 176 cm³/mol. The molecule has 0 radical (unpaired) electrons. The van der Waals surface area contributed by atoms with E-state index >= 15 is 0 Å². The van der Waals surface area contributed by atoms with Crippen LogP contribution in [0.4, 0.5) is 31.1 Å². The zero-order chi connectivity index (χ0) is 37.6. The molecule has 1 saturated carbocycles. The smallest absolute Gasteiger partial charge is 0.416 e. The fourth-order valence-electron chi connectivity index (χ4n) is 6.22. The third kappa shape index (κ3) is 10.0. The first-order valence-electron chi connectivity index (χ1n) is 16.1. The number of hydrogen-bond acceptors (Lipinski definition) is 6. The van der Waals surface area contributed by atoms with Gasteiger partial charge in [0.1, 0.15) is 6.10 Å². The molecule has 1 heterocycles. The second-order valence-electron chi connectivity index (χ2n) is 12.4. The van der Waals surface area contributed by atoms with Crippen molar-refractivity contribution in [3.63, 3.8) is 0 Å². The highest BCUT2D eigenvalue weighted by Crippen LogP contribution is 2.38. The van der Waals surface area contributed by atoms with Crippen LogP contribution in [0.1, 0.15) is 69.1 Å². The van der Waals surface area contributed by atoms with Gasteiger partial charge in [0.05, 0.1) is 17.0 Å². The van der Waals surface area contributed by atoms with Crippen LogP contribution in [0, 0.1) is 5.92 Å². The number of halogens is 6. The fraction of sp³-hybridized carbons (Fsp3) is 0.500. The fourth-order valence-corrected chi connectivity index (χ4v) is 6.22. The van der Waals surface area contributed by atoms with Gasteiger partial charge in [-0.3, -0.25) is 4.79 Å². The van der Waals surface area contributed by atoms with E-state index in [1.807, 2.05) is 13.8 Å². The summed E-state index contributed by atoms with van der Waals surface area (Å²) in [6, 6.07) is -0.0995. The van der Waals surface area contributed by atoms with Crippen LogP contribution in [0.2, 0.25) is 0 Å². The number of carboxylic acids is 1. The Morgan fingerprint density at radius 3 is 1.92 bits per heavy atom. The van der Waals surface area contributed by atoms with Crippen molar-refractivity contribution in [2.45, 2.75) is 95.5 Å². The number of benzene rings is 1. The summed E-state index contributed by atoms with van der Waals surface area (Å²) in [4.78, 5) is 32.0. The Bertz CT molecular complexity index is 1450. The topological polar surface area (TPSA) is 138 Å². The van der Waals surface area contributed by atoms with Crippen LogP contribution >= 0.6 is 0 Å². The van der Waals surface area contributed by atoms with E-state index in [-0.39, 0.29) is 43.3 Å². The molecule has 1 aromatic carbocycles. The number of likely N-dealkylation sites (tertiary alicyclic amines) is 1. The summed E-state index contributed by atoms with van der Waals surface area (Å²) in [7, 11) is 1.57. The highest BCUT2D eigenvalue weighted by Gasteiger charge is 2.44. The number of guanidine groups is 1. The number of amides is 1. The number of nitrogens with zero attached hydrogens (tertiary/aromatic N) is 4. The molecule has 276 valence electrons. The van der Waals surface area contributed by atoms with Gasteiger partial charge in [0, 0.05) is 49.7 Å². The number of carbonyl (C=O) groups excluding carboxylic acids is 1. The predicted octanol–water partition coefficient (Wildman–Crippen LogP) is 6.81. The van der Waals surface area contributed by atoms with Crippen LogP contribution in [0.15, 0.2) is 72.0 Å². The van der Waals surface area contributed by atoms with Crippen LogP contribution in [-0.2, 0) is 28.4 Å². The van der Waals surface area contributed by atoms with Crippen LogP contribution in [0.25, 0.3) is 0 Å². The number of hydrogen-bond donors (Lipinski definition) is 3. The van der Waals surface area contributed by atoms with E-state index in [0.29, 0.717) is 36.1 Å². The molecule has 3 rings (SSSR count). The standard InChI is InChI=1S/C34H44F6N6O4/c1-6-21(22(7-2)19-44(5)42)17-43-31(41)45(18-20-10-24(33(35,36)37)14-25(11-20)34(38,39)40)28-15-26(8-3)46(27(9-4)16-28)32(49)50-29-12-23(13-29)30(47)48/h6-7,10-11,14,17,19,23,26-29H,1-2,8-9,12-13,15-16,18,42H2,3-5H3,(H2,41,43)(H,47,48)/b21-17+,22-19+/t23-,26-,27+,28+,29-. The van der Waals surface area contributed by atoms with E-state index < -0.39 is 72.2 Å². The number of rotatable bonds is 12. The Morgan fingerprint density at radius 1 is 0.980 bits per heavy atom. The van der Waals surface area contributed by atoms with Crippen LogP contribution in [0.5, 0.6) is 0 Å². The number of carboxylic acid groups (broad SMARTS) is 1. The van der Waals surface area contributed by atoms with Crippen molar-refractivity contribution in [2.24, 2.45) is 22.5 Å². The van der Waals surface area contributed by atoms with E-state index in [1.165, 1.54) is 34.5 Å². The van der Waals surface area contributed by atoms with E-state index in [9.17, 15) is 41.0 Å². The Balaban J connectivity index is 2.06. The zero-order valence-corrected chi connectivity index (χ0v) is 28.2. The molecule has 1 amide bonds. The number of ether oxygens (including phenoxy) is 1. The van der Waals surface area contributed by atoms with Crippen molar-refractivity contribution in [3.05, 3.63) is 83.7 Å². The number of aliphatic imine (C=N–C) groups is 1. The van der Waals surface area contributed by atoms with Gasteiger partial charge in [-0.05, 0) is 67.9 Å². The molecule has 1 aromatic rings. The van der Waals surface area contributed by atoms with Crippen molar-refractivity contribution in [1.82, 2.24) is 14.8 Å². The van der Waals surface area contributed by atoms with Crippen molar-refractivity contribution in [1.29, 1.82) is 0 Å². The molecule has 5 N–H and O–H groups in total. The molecule has 0 bridgehead atoms. The van der Waals surface area contributed by atoms with Gasteiger partial charge in [0.15, 0.2) is 5.96 Å². The Morgan fingerprint density at radius 2 is 1.50 bits per heavy atom. The van der Waals surface area contributed by atoms with Crippen LogP contribution in [-0.4, -0.2) is 69.2 Å². The molecule has 0 spiro atoms. The lowest BCUT2D eigenvalue weighted by molar-refractivity contribution is -0.149. The minimum Gasteiger partial charge on any atom is -0.481 e. The van der Waals surface area contributed by atoms with Gasteiger partial charge in [-0.1, -0.05) is 39.2 Å². The quantitative estimate of drug-likeness (QED) is 0.0537. The number of allylic oxidation sites excluding steroid dienone is 4. The molecule has 10 nitrogen and oxygen atoms in total. The van der Waals surface area contributed by atoms with E-state index in [0.717, 1.165) is 0 Å². The summed E-state index contributed by atoms with van der Waals surface area (Å²) < 4.78 is 88.3. The van der Waals surface area contributed by atoms with Crippen molar-refractivity contribution in [2.75, 3.05) is 7.05 Å². The van der Waals surface area contributed by atoms with E-state index in [2.05, 4.69) is 18.2 Å². The maximum Gasteiger partial charge on any atom is 0.416 e. The van der Waals surface area contributed by atoms with Gasteiger partial charge in [-0.15, -0.1) is 0 Å². The third-order valence-electron chi connectivity index (χ3n) is 8.93. The maximum absolute atomic E-state index is 13.8. The van der Waals surface area contributed by atoms with Gasteiger partial charge in [-0.25, -0.2) is 15.6 Å². The number of nitrogens with two attached hydrogens (primary N) is 2. The lowest BCUT2D eigenvalue weighted by atomic mass is 9.82. The van der Waals surface area contributed by atoms with Crippen molar-refractivity contribution in [3.8, 4) is 0 Å². The molecule has 1 saturated heterocycles. The van der Waals surface area contributed by atoms with Gasteiger partial charge < -0.3 is 30.4 Å². The molecule has 2 fully saturated rings. The molecule has 16 heteroatoms. The summed E-state index contributed by atoms with van der Waals surface area (Å²) in [5.74, 6) is 3.99. The monoisotopic (exact) mass is 714 g/mol. The summed E-state index contributed by atoms with van der Waals surface area (Å²) >= 11 is 0.